The van der Waals surface area contributed by atoms with E-state index >= 15 is 0 Å². The second-order valence-electron chi connectivity index (χ2n) is 7.65. The molecule has 0 radical (unpaired) electrons. The number of para-hydroxylation sites is 1. The van der Waals surface area contributed by atoms with Crippen molar-refractivity contribution in [3.63, 3.8) is 0 Å². The summed E-state index contributed by atoms with van der Waals surface area (Å²) < 4.78 is 0. The first-order chi connectivity index (χ1) is 12.1. The number of aliphatic hydroxyl groups is 1. The van der Waals surface area contributed by atoms with Gasteiger partial charge >= 0.3 is 5.97 Å². The van der Waals surface area contributed by atoms with Crippen LogP contribution in [0.5, 0.6) is 0 Å². The van der Waals surface area contributed by atoms with Crippen LogP contribution in [0.25, 0.3) is 0 Å². The zero-order chi connectivity index (χ0) is 19.5. The number of aliphatic carboxylic acids is 1. The lowest BCUT2D eigenvalue weighted by molar-refractivity contribution is -0.138. The highest BCUT2D eigenvalue weighted by molar-refractivity contribution is 6.40. The Balaban J connectivity index is 2.10. The molecule has 0 aromatic heterocycles. The molecule has 1 aromatic rings. The third-order valence-electron chi connectivity index (χ3n) is 4.61. The number of amides is 1. The second-order valence-corrected chi connectivity index (χ2v) is 7.65. The van der Waals surface area contributed by atoms with Gasteiger partial charge in [0.1, 0.15) is 5.71 Å². The fraction of sp³-hybridized carbons (Fsp3) is 0.526. The number of benzene rings is 1. The predicted molar refractivity (Wildman–Crippen MR) is 100 cm³/mol. The molecule has 0 aliphatic carbocycles. The molecule has 2 unspecified atom stereocenters. The average molecular weight is 361 g/mol. The number of aliphatic hydroxyl groups excluding tert-OH is 1. The maximum atomic E-state index is 12.5. The molecule has 0 fully saturated rings. The summed E-state index contributed by atoms with van der Waals surface area (Å²) in [5.74, 6) is -1.37. The van der Waals surface area contributed by atoms with E-state index in [9.17, 15) is 19.8 Å². The van der Waals surface area contributed by atoms with Crippen LogP contribution in [0.15, 0.2) is 35.4 Å². The summed E-state index contributed by atoms with van der Waals surface area (Å²) in [6.07, 6.45) is -0.538. The summed E-state index contributed by atoms with van der Waals surface area (Å²) in [5.41, 5.74) is 0.295. The Bertz CT molecular complexity index is 685. The van der Waals surface area contributed by atoms with Crippen molar-refractivity contribution in [1.29, 1.82) is 0 Å². The van der Waals surface area contributed by atoms with Crippen molar-refractivity contribution in [3.8, 4) is 0 Å². The van der Waals surface area contributed by atoms with Gasteiger partial charge in [-0.3, -0.25) is 9.80 Å². The third kappa shape index (κ3) is 4.40. The molecule has 26 heavy (non-hydrogen) atoms. The van der Waals surface area contributed by atoms with Gasteiger partial charge in [-0.25, -0.2) is 4.79 Å². The lowest BCUT2D eigenvalue weighted by atomic mass is 9.80. The van der Waals surface area contributed by atoms with Gasteiger partial charge in [0.15, 0.2) is 6.04 Å². The fourth-order valence-electron chi connectivity index (χ4n) is 3.08. The number of carbonyl (C=O) groups is 2. The van der Waals surface area contributed by atoms with Crippen LogP contribution in [0, 0.1) is 11.3 Å². The average Bonchev–Trinajstić information content (AvgIpc) is 3.05. The van der Waals surface area contributed by atoms with Crippen molar-refractivity contribution in [2.75, 3.05) is 11.6 Å². The fourth-order valence-corrected chi connectivity index (χ4v) is 3.08. The molecule has 1 amide bonds. The van der Waals surface area contributed by atoms with Gasteiger partial charge in [-0.15, -0.1) is 0 Å². The lowest BCUT2D eigenvalue weighted by Gasteiger charge is -2.33. The molecule has 0 spiro atoms. The third-order valence-corrected chi connectivity index (χ3v) is 4.61. The van der Waals surface area contributed by atoms with Crippen molar-refractivity contribution < 1.29 is 19.8 Å². The summed E-state index contributed by atoms with van der Waals surface area (Å²) in [6, 6.07) is 8.00. The quantitative estimate of drug-likeness (QED) is 0.688. The molecule has 0 saturated carbocycles. The highest BCUT2D eigenvalue weighted by Crippen LogP contribution is 2.26. The van der Waals surface area contributed by atoms with Gasteiger partial charge in [-0.2, -0.15) is 5.10 Å². The summed E-state index contributed by atoms with van der Waals surface area (Å²) in [7, 11) is 0. The summed E-state index contributed by atoms with van der Waals surface area (Å²) in [4.78, 5) is 24.0. The van der Waals surface area contributed by atoms with Crippen LogP contribution in [0.2, 0.25) is 0 Å². The largest absolute Gasteiger partial charge is 0.480 e. The molecule has 1 aliphatic heterocycles. The zero-order valence-corrected chi connectivity index (χ0v) is 15.6. The number of hydrazone groups is 1. The van der Waals surface area contributed by atoms with Crippen molar-refractivity contribution in [1.82, 2.24) is 5.32 Å². The number of carbonyl (C=O) groups excluding carboxylic acids is 1. The van der Waals surface area contributed by atoms with Crippen LogP contribution >= 0.6 is 0 Å². The number of hydrogen-bond donors (Lipinski definition) is 3. The Morgan fingerprint density at radius 1 is 1.31 bits per heavy atom. The van der Waals surface area contributed by atoms with Gasteiger partial charge in [-0.05, 0) is 18.1 Å². The van der Waals surface area contributed by atoms with Gasteiger partial charge in [0, 0.05) is 18.4 Å². The number of nitrogens with zero attached hydrogens (tertiary/aromatic N) is 2. The Morgan fingerprint density at radius 3 is 2.46 bits per heavy atom. The topological polar surface area (TPSA) is 102 Å². The van der Waals surface area contributed by atoms with Crippen molar-refractivity contribution in [2.45, 2.75) is 46.3 Å². The molecular formula is C19H27N3O4. The zero-order valence-electron chi connectivity index (χ0n) is 15.6. The molecule has 3 N–H and O–H groups in total. The van der Waals surface area contributed by atoms with E-state index in [0.29, 0.717) is 5.69 Å². The van der Waals surface area contributed by atoms with Gasteiger partial charge < -0.3 is 15.5 Å². The van der Waals surface area contributed by atoms with Crippen LogP contribution in [0.3, 0.4) is 0 Å². The molecule has 1 aliphatic rings. The predicted octanol–water partition coefficient (Wildman–Crippen LogP) is 1.87. The van der Waals surface area contributed by atoms with E-state index in [-0.39, 0.29) is 24.6 Å². The number of carboxylic acids is 1. The molecule has 1 aromatic carbocycles. The lowest BCUT2D eigenvalue weighted by Crippen LogP contribution is -2.45. The number of nitrogens with one attached hydrogen (secondary N) is 1. The smallest absolute Gasteiger partial charge is 0.328 e. The molecule has 2 rings (SSSR count). The summed E-state index contributed by atoms with van der Waals surface area (Å²) in [5, 5.41) is 28.1. The highest BCUT2D eigenvalue weighted by Gasteiger charge is 2.37. The van der Waals surface area contributed by atoms with Crippen molar-refractivity contribution >= 4 is 23.3 Å². The van der Waals surface area contributed by atoms with E-state index in [1.54, 1.807) is 24.3 Å². The van der Waals surface area contributed by atoms with Gasteiger partial charge in [0.05, 0.1) is 11.8 Å². The number of carboxylic acid groups (broad SMARTS) is 1. The molecule has 0 bridgehead atoms. The standard InChI is InChI=1S/C19H27N3O4/c1-12(2)16(23)19(3,4)11-20-17(24)14-10-15(18(25)26)22(21-14)13-8-6-5-7-9-13/h5-9,12,15-16,23H,10-11H2,1-4H3,(H,20,24)(H,25,26). The van der Waals surface area contributed by atoms with E-state index in [0.717, 1.165) is 0 Å². The van der Waals surface area contributed by atoms with E-state index in [4.69, 9.17) is 0 Å². The minimum absolute atomic E-state index is 0.0310. The summed E-state index contributed by atoms with van der Waals surface area (Å²) in [6.45, 7) is 7.87. The van der Waals surface area contributed by atoms with E-state index in [1.165, 1.54) is 5.01 Å². The Labute approximate surface area is 153 Å². The van der Waals surface area contributed by atoms with E-state index in [2.05, 4.69) is 10.4 Å². The molecule has 142 valence electrons. The molecule has 0 saturated heterocycles. The van der Waals surface area contributed by atoms with Crippen LogP contribution in [-0.4, -0.2) is 46.5 Å². The minimum atomic E-state index is -1.03. The van der Waals surface area contributed by atoms with Crippen LogP contribution < -0.4 is 10.3 Å². The SMILES string of the molecule is CC(C)C(O)C(C)(C)CNC(=O)C1=NN(c2ccccc2)C(C(=O)O)C1. The van der Waals surface area contributed by atoms with Gasteiger partial charge in [0.2, 0.25) is 0 Å². The maximum Gasteiger partial charge on any atom is 0.328 e. The first-order valence-electron chi connectivity index (χ1n) is 8.74. The van der Waals surface area contributed by atoms with Crippen LogP contribution in [-0.2, 0) is 9.59 Å². The molecule has 7 heteroatoms. The monoisotopic (exact) mass is 361 g/mol. The van der Waals surface area contributed by atoms with E-state index < -0.39 is 29.4 Å². The Kier molecular flexibility index (Phi) is 6.02. The van der Waals surface area contributed by atoms with Crippen LogP contribution in [0.1, 0.15) is 34.1 Å². The molecule has 2 atom stereocenters. The normalized spacial score (nSPS) is 18.6. The van der Waals surface area contributed by atoms with Gasteiger partial charge in [0.25, 0.3) is 5.91 Å². The van der Waals surface area contributed by atoms with Crippen molar-refractivity contribution in [3.05, 3.63) is 30.3 Å². The molecular weight excluding hydrogens is 334 g/mol. The van der Waals surface area contributed by atoms with Crippen molar-refractivity contribution in [2.24, 2.45) is 16.4 Å². The van der Waals surface area contributed by atoms with Crippen LogP contribution in [0.4, 0.5) is 5.69 Å². The Morgan fingerprint density at radius 2 is 1.92 bits per heavy atom. The molecule has 7 nitrogen and oxygen atoms in total. The number of anilines is 1. The van der Waals surface area contributed by atoms with E-state index in [1.807, 2.05) is 33.8 Å². The Hall–Kier alpha value is -2.41. The maximum absolute atomic E-state index is 12.5. The second kappa shape index (κ2) is 7.86. The first-order valence-corrected chi connectivity index (χ1v) is 8.74. The number of hydrogen-bond acceptors (Lipinski definition) is 5. The minimum Gasteiger partial charge on any atom is -0.480 e. The highest BCUT2D eigenvalue weighted by atomic mass is 16.4. The first kappa shape index (κ1) is 19.9. The van der Waals surface area contributed by atoms with Gasteiger partial charge in [-0.1, -0.05) is 45.9 Å². The molecule has 1 heterocycles. The summed E-state index contributed by atoms with van der Waals surface area (Å²) >= 11 is 0. The number of rotatable bonds is 7.